The molecule has 3 nitrogen and oxygen atoms in total. The van der Waals surface area contributed by atoms with E-state index in [-0.39, 0.29) is 12.2 Å². The van der Waals surface area contributed by atoms with Crippen LogP contribution >= 0.6 is 0 Å². The maximum atomic E-state index is 10.6. The van der Waals surface area contributed by atoms with Gasteiger partial charge in [-0.1, -0.05) is 24.3 Å². The third kappa shape index (κ3) is 3.00. The Labute approximate surface area is 106 Å². The van der Waals surface area contributed by atoms with Crippen LogP contribution < -0.4 is 0 Å². The molecule has 18 heavy (non-hydrogen) atoms. The molecule has 94 valence electrons. The van der Waals surface area contributed by atoms with E-state index in [0.717, 1.165) is 24.0 Å². The molecule has 0 amide bonds. The Morgan fingerprint density at radius 1 is 1.28 bits per heavy atom. The van der Waals surface area contributed by atoms with Gasteiger partial charge in [0.2, 0.25) is 0 Å². The van der Waals surface area contributed by atoms with Gasteiger partial charge in [0.25, 0.3) is 0 Å². The van der Waals surface area contributed by atoms with Crippen molar-refractivity contribution >= 4 is 11.5 Å². The monoisotopic (exact) mass is 244 g/mol. The maximum absolute atomic E-state index is 10.6. The highest BCUT2D eigenvalue weighted by Gasteiger charge is 2.08. The van der Waals surface area contributed by atoms with E-state index in [4.69, 9.17) is 5.11 Å². The first-order valence-corrected chi connectivity index (χ1v) is 6.07. The number of carboxylic acids is 1. The molecule has 1 aliphatic carbocycles. The van der Waals surface area contributed by atoms with Gasteiger partial charge in [-0.05, 0) is 48.1 Å². The summed E-state index contributed by atoms with van der Waals surface area (Å²) in [5.74, 6) is -0.683. The molecule has 1 aromatic carbocycles. The van der Waals surface area contributed by atoms with Gasteiger partial charge in [0.05, 0.1) is 0 Å². The number of aryl methyl sites for hydroxylation is 1. The number of aliphatic carboxylic acids is 1. The molecule has 0 saturated carbocycles. The van der Waals surface area contributed by atoms with Crippen LogP contribution in [0.4, 0.5) is 0 Å². The number of phenols is 1. The second kappa shape index (κ2) is 5.54. The number of carboxylic acid groups (broad SMARTS) is 1. The van der Waals surface area contributed by atoms with Crippen molar-refractivity contribution in [3.63, 3.8) is 0 Å². The summed E-state index contributed by atoms with van der Waals surface area (Å²) in [5.41, 5.74) is 2.86. The lowest BCUT2D eigenvalue weighted by Gasteiger charge is -2.10. The van der Waals surface area contributed by atoms with Gasteiger partial charge in [0.1, 0.15) is 5.75 Å². The zero-order valence-electron chi connectivity index (χ0n) is 10.1. The first kappa shape index (κ1) is 12.4. The van der Waals surface area contributed by atoms with Gasteiger partial charge in [-0.3, -0.25) is 4.79 Å². The van der Waals surface area contributed by atoms with E-state index in [1.165, 1.54) is 0 Å². The lowest BCUT2D eigenvalue weighted by atomic mass is 9.96. The Balaban J connectivity index is 2.23. The average molecular weight is 244 g/mol. The summed E-state index contributed by atoms with van der Waals surface area (Å²) in [6.45, 7) is 0. The van der Waals surface area contributed by atoms with E-state index in [1.807, 2.05) is 12.1 Å². The fourth-order valence-corrected chi connectivity index (χ4v) is 2.03. The summed E-state index contributed by atoms with van der Waals surface area (Å²) >= 11 is 0. The van der Waals surface area contributed by atoms with Gasteiger partial charge in [-0.25, -0.2) is 0 Å². The molecule has 0 aromatic heterocycles. The standard InChI is InChI=1S/C15H16O3/c16-14-8-6-12(11-4-2-1-3-5-11)10-13(14)7-9-15(17)18/h2,4-6,8,10,16H,1,3,7,9H2,(H,17,18). The van der Waals surface area contributed by atoms with E-state index < -0.39 is 5.97 Å². The van der Waals surface area contributed by atoms with Crippen LogP contribution in [-0.4, -0.2) is 16.2 Å². The van der Waals surface area contributed by atoms with Gasteiger partial charge >= 0.3 is 5.97 Å². The molecule has 2 rings (SSSR count). The lowest BCUT2D eigenvalue weighted by molar-refractivity contribution is -0.136. The Kier molecular flexibility index (Phi) is 3.82. The van der Waals surface area contributed by atoms with Crippen molar-refractivity contribution in [2.45, 2.75) is 25.7 Å². The van der Waals surface area contributed by atoms with Crippen LogP contribution in [0, 0.1) is 0 Å². The summed E-state index contributed by atoms with van der Waals surface area (Å²) in [6, 6.07) is 5.37. The van der Waals surface area contributed by atoms with E-state index in [2.05, 4.69) is 18.2 Å². The molecule has 0 saturated heterocycles. The number of phenolic OH excluding ortho intramolecular Hbond substituents is 1. The number of carbonyl (C=O) groups is 1. The molecule has 0 atom stereocenters. The lowest BCUT2D eigenvalue weighted by Crippen LogP contribution is -1.98. The molecule has 0 radical (unpaired) electrons. The van der Waals surface area contributed by atoms with Gasteiger partial charge in [-0.15, -0.1) is 0 Å². The molecule has 3 heteroatoms. The minimum Gasteiger partial charge on any atom is -0.508 e. The van der Waals surface area contributed by atoms with Crippen molar-refractivity contribution in [2.24, 2.45) is 0 Å². The van der Waals surface area contributed by atoms with Crippen molar-refractivity contribution in [1.29, 1.82) is 0 Å². The zero-order chi connectivity index (χ0) is 13.0. The van der Waals surface area contributed by atoms with Crippen molar-refractivity contribution in [2.75, 3.05) is 0 Å². The SMILES string of the molecule is O=C(O)CCc1cc(C2=CCCC=C2)ccc1O. The Morgan fingerprint density at radius 2 is 2.11 bits per heavy atom. The van der Waals surface area contributed by atoms with Crippen molar-refractivity contribution < 1.29 is 15.0 Å². The average Bonchev–Trinajstić information content (AvgIpc) is 2.38. The summed E-state index contributed by atoms with van der Waals surface area (Å²) in [4.78, 5) is 10.6. The number of benzene rings is 1. The summed E-state index contributed by atoms with van der Waals surface area (Å²) < 4.78 is 0. The van der Waals surface area contributed by atoms with Crippen LogP contribution in [0.15, 0.2) is 36.4 Å². The fraction of sp³-hybridized carbons (Fsp3) is 0.267. The molecule has 0 spiro atoms. The Hall–Kier alpha value is -2.03. The molecular formula is C15H16O3. The maximum Gasteiger partial charge on any atom is 0.303 e. The summed E-state index contributed by atoms with van der Waals surface area (Å²) in [7, 11) is 0. The molecule has 1 aliphatic rings. The van der Waals surface area contributed by atoms with Crippen molar-refractivity contribution in [3.8, 4) is 5.75 Å². The van der Waals surface area contributed by atoms with Gasteiger partial charge in [-0.2, -0.15) is 0 Å². The predicted molar refractivity (Wildman–Crippen MR) is 70.4 cm³/mol. The number of hydrogen-bond donors (Lipinski definition) is 2. The second-order valence-corrected chi connectivity index (χ2v) is 4.38. The smallest absolute Gasteiger partial charge is 0.303 e. The molecule has 0 heterocycles. The molecule has 0 aliphatic heterocycles. The summed E-state index contributed by atoms with van der Waals surface area (Å²) in [6.07, 6.45) is 8.83. The molecule has 0 fully saturated rings. The minimum absolute atomic E-state index is 0.0336. The van der Waals surface area contributed by atoms with Crippen LogP contribution in [-0.2, 0) is 11.2 Å². The second-order valence-electron chi connectivity index (χ2n) is 4.38. The number of hydrogen-bond acceptors (Lipinski definition) is 2. The molecule has 2 N–H and O–H groups in total. The third-order valence-corrected chi connectivity index (χ3v) is 3.02. The number of rotatable bonds is 4. The van der Waals surface area contributed by atoms with Crippen LogP contribution in [0.1, 0.15) is 30.4 Å². The van der Waals surface area contributed by atoms with Crippen LogP contribution in [0.3, 0.4) is 0 Å². The van der Waals surface area contributed by atoms with E-state index in [1.54, 1.807) is 6.07 Å². The highest BCUT2D eigenvalue weighted by molar-refractivity contribution is 5.75. The quantitative estimate of drug-likeness (QED) is 0.855. The highest BCUT2D eigenvalue weighted by Crippen LogP contribution is 2.27. The van der Waals surface area contributed by atoms with Crippen molar-refractivity contribution in [3.05, 3.63) is 47.6 Å². The fourth-order valence-electron chi connectivity index (χ4n) is 2.03. The third-order valence-electron chi connectivity index (χ3n) is 3.02. The summed E-state index contributed by atoms with van der Waals surface area (Å²) in [5, 5.41) is 18.4. The van der Waals surface area contributed by atoms with Crippen LogP contribution in [0.2, 0.25) is 0 Å². The van der Waals surface area contributed by atoms with Gasteiger partial charge in [0.15, 0.2) is 0 Å². The zero-order valence-corrected chi connectivity index (χ0v) is 10.1. The first-order valence-electron chi connectivity index (χ1n) is 6.07. The molecule has 0 unspecified atom stereocenters. The minimum atomic E-state index is -0.850. The Bertz CT molecular complexity index is 512. The van der Waals surface area contributed by atoms with E-state index >= 15 is 0 Å². The predicted octanol–water partition coefficient (Wildman–Crippen LogP) is 3.14. The van der Waals surface area contributed by atoms with Crippen LogP contribution in [0.5, 0.6) is 5.75 Å². The molecule has 1 aromatic rings. The van der Waals surface area contributed by atoms with E-state index in [0.29, 0.717) is 12.0 Å². The van der Waals surface area contributed by atoms with Crippen LogP contribution in [0.25, 0.3) is 5.57 Å². The Morgan fingerprint density at radius 3 is 2.78 bits per heavy atom. The molecule has 0 bridgehead atoms. The van der Waals surface area contributed by atoms with Gasteiger partial charge in [0, 0.05) is 6.42 Å². The topological polar surface area (TPSA) is 57.5 Å². The number of aromatic hydroxyl groups is 1. The number of allylic oxidation sites excluding steroid dienone is 4. The largest absolute Gasteiger partial charge is 0.508 e. The first-order chi connectivity index (χ1) is 8.66. The van der Waals surface area contributed by atoms with E-state index in [9.17, 15) is 9.90 Å². The molecular weight excluding hydrogens is 228 g/mol. The van der Waals surface area contributed by atoms with Crippen molar-refractivity contribution in [1.82, 2.24) is 0 Å². The normalized spacial score (nSPS) is 14.3. The van der Waals surface area contributed by atoms with Gasteiger partial charge < -0.3 is 10.2 Å². The highest BCUT2D eigenvalue weighted by atomic mass is 16.4.